The maximum Gasteiger partial charge on any atom is 0.417 e. The second-order valence-electron chi connectivity index (χ2n) is 8.70. The van der Waals surface area contributed by atoms with E-state index in [0.717, 1.165) is 16.8 Å². The number of carbonyl (C=O) groups is 3. The van der Waals surface area contributed by atoms with Crippen molar-refractivity contribution < 1.29 is 32.7 Å². The molecule has 0 saturated heterocycles. The van der Waals surface area contributed by atoms with Crippen molar-refractivity contribution in [3.63, 3.8) is 0 Å². The Labute approximate surface area is 208 Å². The molecule has 0 unspecified atom stereocenters. The van der Waals surface area contributed by atoms with Crippen LogP contribution in [0.5, 0.6) is 0 Å². The quantitative estimate of drug-likeness (QED) is 0.500. The molecule has 0 bridgehead atoms. The van der Waals surface area contributed by atoms with Crippen molar-refractivity contribution in [2.75, 3.05) is 14.1 Å². The van der Waals surface area contributed by atoms with Gasteiger partial charge in [-0.1, -0.05) is 23.7 Å². The summed E-state index contributed by atoms with van der Waals surface area (Å²) >= 11 is 6.07. The number of fused-ring (bicyclic) bond motifs is 1. The van der Waals surface area contributed by atoms with Crippen molar-refractivity contribution in [1.82, 2.24) is 14.7 Å². The molecule has 1 atom stereocenters. The highest BCUT2D eigenvalue weighted by atomic mass is 35.5. The summed E-state index contributed by atoms with van der Waals surface area (Å²) in [6.45, 7) is 0. The van der Waals surface area contributed by atoms with Crippen molar-refractivity contribution in [2.24, 2.45) is 5.92 Å². The Morgan fingerprint density at radius 2 is 1.89 bits per heavy atom. The number of allylic oxidation sites excluding steroid dienone is 2. The third-order valence-electron chi connectivity index (χ3n) is 6.12. The number of rotatable bonds is 4. The fourth-order valence-corrected chi connectivity index (χ4v) is 4.51. The standard InChI is InChI=1S/C25H21ClF3N3O4/c1-31(2)22(33)15-10-11-16-19(12-15)32(30-21(16)13-6-8-14(9-7-13)24(35)36)23(34)20-17(25(27,28)29)4-3-5-18(20)26/h3-6,10-12,14H,7-9H2,1-2H3,(H,35,36)/t14-/m1/s1. The largest absolute Gasteiger partial charge is 0.481 e. The highest BCUT2D eigenvalue weighted by Gasteiger charge is 2.37. The Morgan fingerprint density at radius 3 is 2.47 bits per heavy atom. The van der Waals surface area contributed by atoms with Gasteiger partial charge in [0.2, 0.25) is 0 Å². The second kappa shape index (κ2) is 9.42. The number of aliphatic carboxylic acids is 1. The SMILES string of the molecule is CN(C)C(=O)c1ccc2c(C3=CC[C@@H](C(=O)O)CC3)nn(C(=O)c3c(Cl)cccc3C(F)(F)F)c2c1. The Balaban J connectivity index is 1.93. The lowest BCUT2D eigenvalue weighted by molar-refractivity contribution is -0.142. The zero-order chi connectivity index (χ0) is 26.4. The number of carboxylic acids is 1. The van der Waals surface area contributed by atoms with Crippen molar-refractivity contribution >= 4 is 45.9 Å². The van der Waals surface area contributed by atoms with Gasteiger partial charge in [-0.15, -0.1) is 0 Å². The van der Waals surface area contributed by atoms with Crippen molar-refractivity contribution in [2.45, 2.75) is 25.4 Å². The molecule has 0 radical (unpaired) electrons. The molecular weight excluding hydrogens is 499 g/mol. The van der Waals surface area contributed by atoms with E-state index in [0.29, 0.717) is 29.5 Å². The Bertz CT molecular complexity index is 1430. The van der Waals surface area contributed by atoms with Gasteiger partial charge in [-0.2, -0.15) is 23.0 Å². The smallest absolute Gasteiger partial charge is 0.417 e. The van der Waals surface area contributed by atoms with E-state index >= 15 is 0 Å². The molecule has 11 heteroatoms. The van der Waals surface area contributed by atoms with E-state index in [1.54, 1.807) is 32.3 Å². The van der Waals surface area contributed by atoms with E-state index in [-0.39, 0.29) is 28.4 Å². The van der Waals surface area contributed by atoms with Crippen LogP contribution in [0.3, 0.4) is 0 Å². The van der Waals surface area contributed by atoms with Gasteiger partial charge in [0.05, 0.1) is 33.3 Å². The van der Waals surface area contributed by atoms with Crippen molar-refractivity contribution in [3.05, 3.63) is 69.9 Å². The summed E-state index contributed by atoms with van der Waals surface area (Å²) in [5.41, 5.74) is -0.594. The van der Waals surface area contributed by atoms with Gasteiger partial charge in [-0.25, -0.2) is 0 Å². The number of halogens is 4. The molecule has 1 aromatic heterocycles. The minimum atomic E-state index is -4.84. The first-order valence-corrected chi connectivity index (χ1v) is 11.3. The second-order valence-corrected chi connectivity index (χ2v) is 9.10. The minimum Gasteiger partial charge on any atom is -0.481 e. The average Bonchev–Trinajstić information content (AvgIpc) is 3.21. The van der Waals surface area contributed by atoms with Crippen LogP contribution < -0.4 is 0 Å². The first-order valence-electron chi connectivity index (χ1n) is 11.0. The molecule has 0 fully saturated rings. The molecule has 1 aliphatic carbocycles. The molecule has 188 valence electrons. The summed E-state index contributed by atoms with van der Waals surface area (Å²) in [6.07, 6.45) is -2.16. The Morgan fingerprint density at radius 1 is 1.17 bits per heavy atom. The topological polar surface area (TPSA) is 92.5 Å². The van der Waals surface area contributed by atoms with Gasteiger partial charge in [0, 0.05) is 25.0 Å². The Kier molecular flexibility index (Phi) is 6.66. The maximum atomic E-state index is 13.7. The van der Waals surface area contributed by atoms with Crippen LogP contribution in [-0.4, -0.2) is 51.7 Å². The summed E-state index contributed by atoms with van der Waals surface area (Å²) in [4.78, 5) is 38.7. The van der Waals surface area contributed by atoms with Gasteiger partial charge in [0.15, 0.2) is 0 Å². The summed E-state index contributed by atoms with van der Waals surface area (Å²) in [5, 5.41) is 13.7. The van der Waals surface area contributed by atoms with Gasteiger partial charge in [-0.05, 0) is 55.2 Å². The summed E-state index contributed by atoms with van der Waals surface area (Å²) in [6, 6.07) is 7.59. The van der Waals surface area contributed by atoms with Crippen LogP contribution >= 0.6 is 11.6 Å². The lowest BCUT2D eigenvalue weighted by Gasteiger charge is -2.17. The molecule has 36 heavy (non-hydrogen) atoms. The molecule has 1 amide bonds. The lowest BCUT2D eigenvalue weighted by atomic mass is 9.87. The molecule has 0 spiro atoms. The third-order valence-corrected chi connectivity index (χ3v) is 6.44. The number of benzene rings is 2. The van der Waals surface area contributed by atoms with E-state index in [1.165, 1.54) is 17.0 Å². The minimum absolute atomic E-state index is 0.136. The average molecular weight is 520 g/mol. The van der Waals surface area contributed by atoms with Gasteiger partial charge >= 0.3 is 12.1 Å². The first-order chi connectivity index (χ1) is 16.9. The number of hydrogen-bond acceptors (Lipinski definition) is 4. The molecule has 0 aliphatic heterocycles. The highest BCUT2D eigenvalue weighted by Crippen LogP contribution is 2.38. The zero-order valence-electron chi connectivity index (χ0n) is 19.3. The van der Waals surface area contributed by atoms with Crippen molar-refractivity contribution in [3.8, 4) is 0 Å². The van der Waals surface area contributed by atoms with E-state index in [9.17, 15) is 32.7 Å². The molecule has 0 saturated carbocycles. The summed E-state index contributed by atoms with van der Waals surface area (Å²) < 4.78 is 42.0. The van der Waals surface area contributed by atoms with Crippen LogP contribution in [-0.2, 0) is 11.0 Å². The zero-order valence-corrected chi connectivity index (χ0v) is 20.0. The lowest BCUT2D eigenvalue weighted by Crippen LogP contribution is -2.22. The van der Waals surface area contributed by atoms with Crippen LogP contribution in [0.25, 0.3) is 16.5 Å². The summed E-state index contributed by atoms with van der Waals surface area (Å²) in [5.74, 6) is -2.93. The summed E-state index contributed by atoms with van der Waals surface area (Å²) in [7, 11) is 3.09. The maximum absolute atomic E-state index is 13.7. The predicted molar refractivity (Wildman–Crippen MR) is 127 cm³/mol. The van der Waals surface area contributed by atoms with E-state index in [4.69, 9.17) is 11.6 Å². The Hall–Kier alpha value is -3.66. The fourth-order valence-electron chi connectivity index (χ4n) is 4.26. The number of alkyl halides is 3. The molecule has 3 aromatic rings. The number of carbonyl (C=O) groups excluding carboxylic acids is 2. The van der Waals surface area contributed by atoms with Crippen molar-refractivity contribution in [1.29, 1.82) is 0 Å². The fraction of sp³-hybridized carbons (Fsp3) is 0.280. The van der Waals surface area contributed by atoms with E-state index < -0.39 is 35.1 Å². The number of amides is 1. The van der Waals surface area contributed by atoms with Gasteiger partial charge < -0.3 is 10.0 Å². The predicted octanol–water partition coefficient (Wildman–Crippen LogP) is 5.37. The molecule has 7 nitrogen and oxygen atoms in total. The first kappa shape index (κ1) is 25.4. The molecule has 4 rings (SSSR count). The molecular formula is C25H21ClF3N3O4. The van der Waals surface area contributed by atoms with Crippen LogP contribution in [0, 0.1) is 5.92 Å². The molecule has 2 aromatic carbocycles. The van der Waals surface area contributed by atoms with Crippen LogP contribution in [0.1, 0.15) is 51.2 Å². The van der Waals surface area contributed by atoms with Gasteiger partial charge in [-0.3, -0.25) is 14.4 Å². The van der Waals surface area contributed by atoms with Crippen LogP contribution in [0.4, 0.5) is 13.2 Å². The van der Waals surface area contributed by atoms with Crippen LogP contribution in [0.15, 0.2) is 42.5 Å². The normalized spacial score (nSPS) is 16.1. The molecule has 1 aliphatic rings. The van der Waals surface area contributed by atoms with E-state index in [1.807, 2.05) is 0 Å². The number of hydrogen-bond donors (Lipinski definition) is 1. The van der Waals surface area contributed by atoms with E-state index in [2.05, 4.69) is 5.10 Å². The number of carboxylic acid groups (broad SMARTS) is 1. The monoisotopic (exact) mass is 519 g/mol. The number of nitrogens with zero attached hydrogens (tertiary/aromatic N) is 3. The third kappa shape index (κ3) is 4.60. The molecule has 1 heterocycles. The molecule has 1 N–H and O–H groups in total. The highest BCUT2D eigenvalue weighted by molar-refractivity contribution is 6.34. The van der Waals surface area contributed by atoms with Gasteiger partial charge in [0.1, 0.15) is 0 Å². The number of aromatic nitrogens is 2. The van der Waals surface area contributed by atoms with Gasteiger partial charge in [0.25, 0.3) is 11.8 Å². The van der Waals surface area contributed by atoms with Crippen LogP contribution in [0.2, 0.25) is 5.02 Å².